The first kappa shape index (κ1) is 19.7. The number of carbonyl (C=O) groups is 1. The van der Waals surface area contributed by atoms with Crippen LogP contribution < -0.4 is 14.8 Å². The smallest absolute Gasteiger partial charge is 0.225 e. The molecular formula is C23H28N2O4. The first-order chi connectivity index (χ1) is 14.1. The van der Waals surface area contributed by atoms with E-state index in [-0.39, 0.29) is 11.8 Å². The molecule has 4 rings (SSSR count). The van der Waals surface area contributed by atoms with Crippen molar-refractivity contribution in [1.29, 1.82) is 0 Å². The van der Waals surface area contributed by atoms with E-state index in [0.29, 0.717) is 13.0 Å². The number of hydrogen-bond donors (Lipinski definition) is 1. The number of morpholine rings is 1. The molecule has 1 atom stereocenters. The zero-order valence-corrected chi connectivity index (χ0v) is 17.1. The molecule has 2 heterocycles. The van der Waals surface area contributed by atoms with Gasteiger partial charge in [0.05, 0.1) is 20.3 Å². The summed E-state index contributed by atoms with van der Waals surface area (Å²) in [6.07, 6.45) is 0.440. The Kier molecular flexibility index (Phi) is 6.02. The highest BCUT2D eigenvalue weighted by molar-refractivity contribution is 5.95. The zero-order chi connectivity index (χ0) is 20.2. The van der Waals surface area contributed by atoms with Crippen molar-refractivity contribution in [3.63, 3.8) is 0 Å². The minimum atomic E-state index is 0.0271. The predicted octanol–water partition coefficient (Wildman–Crippen LogP) is 3.19. The van der Waals surface area contributed by atoms with Crippen LogP contribution in [0, 0.1) is 6.92 Å². The number of nitrogens with one attached hydrogen (secondary N) is 1. The first-order valence-electron chi connectivity index (χ1n) is 10.2. The van der Waals surface area contributed by atoms with Gasteiger partial charge in [-0.3, -0.25) is 9.69 Å². The van der Waals surface area contributed by atoms with Crippen molar-refractivity contribution in [2.75, 3.05) is 51.9 Å². The quantitative estimate of drug-likeness (QED) is 0.813. The zero-order valence-electron chi connectivity index (χ0n) is 17.1. The van der Waals surface area contributed by atoms with Crippen LogP contribution in [0.2, 0.25) is 0 Å². The average molecular weight is 396 g/mol. The lowest BCUT2D eigenvalue weighted by Gasteiger charge is -2.27. The Bertz CT molecular complexity index is 860. The monoisotopic (exact) mass is 396 g/mol. The van der Waals surface area contributed by atoms with Gasteiger partial charge in [-0.05, 0) is 41.8 Å². The highest BCUT2D eigenvalue weighted by atomic mass is 16.5. The van der Waals surface area contributed by atoms with Crippen LogP contribution in [0.15, 0.2) is 36.4 Å². The van der Waals surface area contributed by atoms with E-state index in [1.54, 1.807) is 7.11 Å². The third-order valence-corrected chi connectivity index (χ3v) is 5.67. The van der Waals surface area contributed by atoms with Crippen LogP contribution in [0.25, 0.3) is 0 Å². The lowest BCUT2D eigenvalue weighted by atomic mass is 9.84. The van der Waals surface area contributed by atoms with Crippen molar-refractivity contribution in [2.24, 2.45) is 0 Å². The van der Waals surface area contributed by atoms with Crippen LogP contribution in [0.5, 0.6) is 11.5 Å². The highest BCUT2D eigenvalue weighted by Gasteiger charge is 2.27. The maximum Gasteiger partial charge on any atom is 0.225 e. The molecule has 2 aromatic rings. The van der Waals surface area contributed by atoms with Crippen molar-refractivity contribution >= 4 is 11.6 Å². The van der Waals surface area contributed by atoms with Gasteiger partial charge in [0.2, 0.25) is 5.91 Å². The Morgan fingerprint density at radius 1 is 1.17 bits per heavy atom. The Labute approximate surface area is 171 Å². The van der Waals surface area contributed by atoms with E-state index in [1.165, 1.54) is 0 Å². The van der Waals surface area contributed by atoms with E-state index < -0.39 is 0 Å². The number of ether oxygens (including phenoxy) is 3. The minimum Gasteiger partial charge on any atom is -0.496 e. The third-order valence-electron chi connectivity index (χ3n) is 5.67. The number of fused-ring (bicyclic) bond motifs is 1. The van der Waals surface area contributed by atoms with Gasteiger partial charge < -0.3 is 19.5 Å². The van der Waals surface area contributed by atoms with Crippen LogP contribution in [0.1, 0.15) is 29.0 Å². The average Bonchev–Trinajstić information content (AvgIpc) is 2.74. The number of nitrogens with zero attached hydrogens (tertiary/aromatic N) is 1. The van der Waals surface area contributed by atoms with Crippen molar-refractivity contribution < 1.29 is 19.0 Å². The number of hydrogen-bond acceptors (Lipinski definition) is 5. The van der Waals surface area contributed by atoms with Crippen LogP contribution in [-0.4, -0.2) is 57.4 Å². The van der Waals surface area contributed by atoms with Gasteiger partial charge in [0.1, 0.15) is 18.1 Å². The van der Waals surface area contributed by atoms with Crippen LogP contribution in [0.3, 0.4) is 0 Å². The molecule has 0 spiro atoms. The molecule has 2 aliphatic rings. The topological polar surface area (TPSA) is 60.0 Å². The van der Waals surface area contributed by atoms with Gasteiger partial charge in [-0.1, -0.05) is 12.1 Å². The summed E-state index contributed by atoms with van der Waals surface area (Å²) in [6, 6.07) is 12.2. The van der Waals surface area contributed by atoms with Crippen LogP contribution in [-0.2, 0) is 9.53 Å². The number of aryl methyl sites for hydroxylation is 1. The van der Waals surface area contributed by atoms with Gasteiger partial charge in [-0.25, -0.2) is 0 Å². The summed E-state index contributed by atoms with van der Waals surface area (Å²) in [5.74, 6) is 1.70. The number of amides is 1. The lowest BCUT2D eigenvalue weighted by Crippen LogP contribution is -2.38. The second kappa shape index (κ2) is 8.84. The van der Waals surface area contributed by atoms with E-state index in [2.05, 4.69) is 28.4 Å². The Morgan fingerprint density at radius 3 is 2.66 bits per heavy atom. The summed E-state index contributed by atoms with van der Waals surface area (Å²) in [4.78, 5) is 14.6. The van der Waals surface area contributed by atoms with Crippen molar-refractivity contribution in [3.8, 4) is 11.5 Å². The molecule has 29 heavy (non-hydrogen) atoms. The number of methoxy groups -OCH3 is 1. The molecule has 1 amide bonds. The van der Waals surface area contributed by atoms with E-state index in [0.717, 1.165) is 66.7 Å². The molecule has 0 bridgehead atoms. The van der Waals surface area contributed by atoms with Crippen molar-refractivity contribution in [1.82, 2.24) is 4.90 Å². The molecule has 2 aliphatic heterocycles. The second-order valence-electron chi connectivity index (χ2n) is 7.59. The molecular weight excluding hydrogens is 368 g/mol. The molecule has 0 saturated carbocycles. The fourth-order valence-electron chi connectivity index (χ4n) is 4.03. The molecule has 6 heteroatoms. The van der Waals surface area contributed by atoms with Gasteiger partial charge in [0.15, 0.2) is 0 Å². The summed E-state index contributed by atoms with van der Waals surface area (Å²) >= 11 is 0. The minimum absolute atomic E-state index is 0.0271. The molecule has 0 aliphatic carbocycles. The van der Waals surface area contributed by atoms with Gasteiger partial charge in [0, 0.05) is 43.7 Å². The molecule has 154 valence electrons. The van der Waals surface area contributed by atoms with Crippen molar-refractivity contribution in [2.45, 2.75) is 19.3 Å². The highest BCUT2D eigenvalue weighted by Crippen LogP contribution is 2.40. The maximum absolute atomic E-state index is 12.3. The molecule has 2 aromatic carbocycles. The first-order valence-corrected chi connectivity index (χ1v) is 10.2. The maximum atomic E-state index is 12.3. The predicted molar refractivity (Wildman–Crippen MR) is 112 cm³/mol. The van der Waals surface area contributed by atoms with E-state index in [9.17, 15) is 4.79 Å². The summed E-state index contributed by atoms with van der Waals surface area (Å²) in [5, 5.41) is 2.97. The van der Waals surface area contributed by atoms with Crippen LogP contribution >= 0.6 is 0 Å². The Balaban J connectivity index is 1.45. The standard InChI is InChI=1S/C23H28N2O4/c1-16-13-20-19(14-23(26)24-21(20)15-22(16)27-2)17-3-5-18(6-4-17)29-12-9-25-7-10-28-11-8-25/h3-6,13,15,19H,7-12,14H2,1-2H3,(H,24,26). The summed E-state index contributed by atoms with van der Waals surface area (Å²) in [6.45, 7) is 7.13. The van der Waals surface area contributed by atoms with Gasteiger partial charge in [-0.2, -0.15) is 0 Å². The molecule has 0 aromatic heterocycles. The fraction of sp³-hybridized carbons (Fsp3) is 0.435. The summed E-state index contributed by atoms with van der Waals surface area (Å²) in [7, 11) is 1.65. The van der Waals surface area contributed by atoms with Gasteiger partial charge >= 0.3 is 0 Å². The molecule has 0 radical (unpaired) electrons. The molecule has 1 saturated heterocycles. The van der Waals surface area contributed by atoms with E-state index in [4.69, 9.17) is 14.2 Å². The number of rotatable bonds is 6. The van der Waals surface area contributed by atoms with Crippen molar-refractivity contribution in [3.05, 3.63) is 53.1 Å². The Morgan fingerprint density at radius 2 is 1.93 bits per heavy atom. The summed E-state index contributed by atoms with van der Waals surface area (Å²) < 4.78 is 16.7. The SMILES string of the molecule is COc1cc2c(cc1C)C(c1ccc(OCCN3CCOCC3)cc1)CC(=O)N2. The number of carbonyl (C=O) groups excluding carboxylic acids is 1. The van der Waals surface area contributed by atoms with Crippen LogP contribution in [0.4, 0.5) is 5.69 Å². The number of benzene rings is 2. The van der Waals surface area contributed by atoms with Gasteiger partial charge in [-0.15, -0.1) is 0 Å². The molecule has 6 nitrogen and oxygen atoms in total. The Hall–Kier alpha value is -2.57. The van der Waals surface area contributed by atoms with E-state index >= 15 is 0 Å². The van der Waals surface area contributed by atoms with E-state index in [1.807, 2.05) is 25.1 Å². The third kappa shape index (κ3) is 4.54. The summed E-state index contributed by atoms with van der Waals surface area (Å²) in [5.41, 5.74) is 4.14. The molecule has 1 unspecified atom stereocenters. The fourth-order valence-corrected chi connectivity index (χ4v) is 4.03. The van der Waals surface area contributed by atoms with Gasteiger partial charge in [0.25, 0.3) is 0 Å². The normalized spacial score (nSPS) is 19.4. The molecule has 1 N–H and O–H groups in total. The number of anilines is 1. The molecule has 1 fully saturated rings. The largest absolute Gasteiger partial charge is 0.496 e. The second-order valence-corrected chi connectivity index (χ2v) is 7.59. The lowest BCUT2D eigenvalue weighted by molar-refractivity contribution is -0.116.